The van der Waals surface area contributed by atoms with Crippen molar-refractivity contribution in [1.29, 1.82) is 0 Å². The molecule has 0 heterocycles. The first kappa shape index (κ1) is 15.4. The van der Waals surface area contributed by atoms with Crippen molar-refractivity contribution in [2.24, 2.45) is 0 Å². The number of nitrogen functional groups attached to an aromatic ring is 4. The second kappa shape index (κ2) is 6.29. The fraction of sp³-hybridized carbons (Fsp3) is 0. The highest BCUT2D eigenvalue weighted by atomic mass is 16.5. The van der Waals surface area contributed by atoms with Crippen LogP contribution in [0.2, 0.25) is 0 Å². The molecule has 3 aromatic rings. The predicted octanol–water partition coefficient (Wildman–Crippen LogP) is 3.60. The van der Waals surface area contributed by atoms with Crippen LogP contribution in [0.4, 0.5) is 22.7 Å². The van der Waals surface area contributed by atoms with Crippen LogP contribution in [-0.4, -0.2) is 0 Å². The molecule has 3 aromatic carbocycles. The fourth-order valence-electron chi connectivity index (χ4n) is 2.11. The zero-order valence-corrected chi connectivity index (χ0v) is 12.9. The average molecular weight is 322 g/mol. The van der Waals surface area contributed by atoms with Crippen LogP contribution in [0.5, 0.6) is 23.0 Å². The van der Waals surface area contributed by atoms with E-state index in [1.807, 2.05) is 18.2 Å². The van der Waals surface area contributed by atoms with Crippen molar-refractivity contribution in [2.45, 2.75) is 0 Å². The fourth-order valence-corrected chi connectivity index (χ4v) is 2.11. The Kier molecular flexibility index (Phi) is 4.03. The van der Waals surface area contributed by atoms with Crippen LogP contribution >= 0.6 is 0 Å². The summed E-state index contributed by atoms with van der Waals surface area (Å²) in [5, 5.41) is 0. The Labute approximate surface area is 139 Å². The van der Waals surface area contributed by atoms with Gasteiger partial charge in [-0.2, -0.15) is 0 Å². The van der Waals surface area contributed by atoms with Crippen molar-refractivity contribution in [3.8, 4) is 23.0 Å². The molecule has 0 aliphatic carbocycles. The van der Waals surface area contributed by atoms with E-state index in [9.17, 15) is 0 Å². The number of ether oxygens (including phenoxy) is 2. The number of nitrogens with two attached hydrogens (primary N) is 4. The summed E-state index contributed by atoms with van der Waals surface area (Å²) in [5.41, 5.74) is 24.9. The normalized spacial score (nSPS) is 10.3. The molecule has 122 valence electrons. The summed E-state index contributed by atoms with van der Waals surface area (Å²) in [6, 6.07) is 17.5. The summed E-state index contributed by atoms with van der Waals surface area (Å²) in [6.07, 6.45) is 0. The van der Waals surface area contributed by atoms with Crippen molar-refractivity contribution in [2.75, 3.05) is 22.9 Å². The second-order valence-electron chi connectivity index (χ2n) is 5.26. The molecule has 0 bridgehead atoms. The third kappa shape index (κ3) is 3.44. The highest BCUT2D eigenvalue weighted by Crippen LogP contribution is 2.31. The first-order valence-corrected chi connectivity index (χ1v) is 7.27. The van der Waals surface area contributed by atoms with Crippen LogP contribution in [0.1, 0.15) is 0 Å². The second-order valence-corrected chi connectivity index (χ2v) is 5.26. The van der Waals surface area contributed by atoms with Gasteiger partial charge in [-0.1, -0.05) is 6.07 Å². The van der Waals surface area contributed by atoms with Gasteiger partial charge in [-0.05, 0) is 36.4 Å². The van der Waals surface area contributed by atoms with E-state index >= 15 is 0 Å². The summed E-state index contributed by atoms with van der Waals surface area (Å²) in [7, 11) is 0. The summed E-state index contributed by atoms with van der Waals surface area (Å²) >= 11 is 0. The molecule has 0 radical (unpaired) electrons. The summed E-state index contributed by atoms with van der Waals surface area (Å²) in [4.78, 5) is 0. The largest absolute Gasteiger partial charge is 0.457 e. The number of benzene rings is 3. The average Bonchev–Trinajstić information content (AvgIpc) is 2.55. The Morgan fingerprint density at radius 1 is 0.458 bits per heavy atom. The molecule has 0 saturated carbocycles. The molecule has 6 nitrogen and oxygen atoms in total. The van der Waals surface area contributed by atoms with Gasteiger partial charge < -0.3 is 32.4 Å². The SMILES string of the molecule is Nc1ccc(Oc2cccc(Oc3ccc(N)c(N)c3)c2)cc1N. The van der Waals surface area contributed by atoms with Crippen molar-refractivity contribution in [1.82, 2.24) is 0 Å². The number of hydrogen-bond donors (Lipinski definition) is 4. The van der Waals surface area contributed by atoms with Crippen molar-refractivity contribution < 1.29 is 9.47 Å². The third-order valence-electron chi connectivity index (χ3n) is 3.39. The topological polar surface area (TPSA) is 123 Å². The van der Waals surface area contributed by atoms with E-state index in [-0.39, 0.29) is 0 Å². The molecular weight excluding hydrogens is 304 g/mol. The first-order valence-electron chi connectivity index (χ1n) is 7.27. The Balaban J connectivity index is 1.78. The van der Waals surface area contributed by atoms with E-state index in [4.69, 9.17) is 32.4 Å². The molecule has 0 spiro atoms. The monoisotopic (exact) mass is 322 g/mol. The predicted molar refractivity (Wildman–Crippen MR) is 97.1 cm³/mol. The van der Waals surface area contributed by atoms with Crippen molar-refractivity contribution in [3.63, 3.8) is 0 Å². The minimum atomic E-state index is 0.470. The molecule has 3 rings (SSSR count). The zero-order chi connectivity index (χ0) is 17.1. The minimum Gasteiger partial charge on any atom is -0.457 e. The Hall–Kier alpha value is -3.54. The zero-order valence-electron chi connectivity index (χ0n) is 12.9. The molecule has 0 saturated heterocycles. The van der Waals surface area contributed by atoms with Crippen LogP contribution in [-0.2, 0) is 0 Å². The molecular formula is C18H18N4O2. The van der Waals surface area contributed by atoms with E-state index in [2.05, 4.69) is 0 Å². The standard InChI is InChI=1S/C18H18N4O2/c19-15-6-4-13(9-17(15)21)23-11-2-1-3-12(8-11)24-14-5-7-16(20)18(22)10-14/h1-10H,19-22H2. The lowest BCUT2D eigenvalue weighted by Crippen LogP contribution is -1.95. The lowest BCUT2D eigenvalue weighted by atomic mass is 10.2. The molecule has 6 heteroatoms. The molecule has 0 amide bonds. The van der Waals surface area contributed by atoms with Crippen LogP contribution < -0.4 is 32.4 Å². The summed E-state index contributed by atoms with van der Waals surface area (Å²) in [5.74, 6) is 2.41. The number of anilines is 4. The molecule has 0 unspecified atom stereocenters. The van der Waals surface area contributed by atoms with Gasteiger partial charge in [0.25, 0.3) is 0 Å². The van der Waals surface area contributed by atoms with Gasteiger partial charge in [-0.15, -0.1) is 0 Å². The molecule has 0 aromatic heterocycles. The molecule has 8 N–H and O–H groups in total. The lowest BCUT2D eigenvalue weighted by Gasteiger charge is -2.11. The maximum absolute atomic E-state index is 5.78. The van der Waals surface area contributed by atoms with Crippen molar-refractivity contribution in [3.05, 3.63) is 60.7 Å². The molecule has 0 fully saturated rings. The lowest BCUT2D eigenvalue weighted by molar-refractivity contribution is 0.460. The maximum Gasteiger partial charge on any atom is 0.131 e. The van der Waals surface area contributed by atoms with Crippen LogP contribution in [0.15, 0.2) is 60.7 Å². The van der Waals surface area contributed by atoms with Gasteiger partial charge in [-0.25, -0.2) is 0 Å². The highest BCUT2D eigenvalue weighted by Gasteiger charge is 2.04. The Morgan fingerprint density at radius 2 is 0.875 bits per heavy atom. The first-order chi connectivity index (χ1) is 11.5. The van der Waals surface area contributed by atoms with E-state index < -0.39 is 0 Å². The van der Waals surface area contributed by atoms with E-state index in [1.54, 1.807) is 42.5 Å². The van der Waals surface area contributed by atoms with Gasteiger partial charge in [0, 0.05) is 18.2 Å². The highest BCUT2D eigenvalue weighted by molar-refractivity contribution is 5.66. The van der Waals surface area contributed by atoms with Gasteiger partial charge >= 0.3 is 0 Å². The molecule has 0 aliphatic rings. The van der Waals surface area contributed by atoms with Crippen molar-refractivity contribution >= 4 is 22.7 Å². The van der Waals surface area contributed by atoms with Gasteiger partial charge in [0.2, 0.25) is 0 Å². The quantitative estimate of drug-likeness (QED) is 0.544. The summed E-state index contributed by atoms with van der Waals surface area (Å²) in [6.45, 7) is 0. The third-order valence-corrected chi connectivity index (χ3v) is 3.39. The summed E-state index contributed by atoms with van der Waals surface area (Å²) < 4.78 is 11.6. The van der Waals surface area contributed by atoms with Crippen LogP contribution in [0, 0.1) is 0 Å². The van der Waals surface area contributed by atoms with Gasteiger partial charge in [0.1, 0.15) is 23.0 Å². The number of hydrogen-bond acceptors (Lipinski definition) is 6. The maximum atomic E-state index is 5.78. The Morgan fingerprint density at radius 3 is 1.29 bits per heavy atom. The van der Waals surface area contributed by atoms with E-state index in [0.29, 0.717) is 45.7 Å². The molecule has 24 heavy (non-hydrogen) atoms. The Bertz CT molecular complexity index is 812. The smallest absolute Gasteiger partial charge is 0.131 e. The van der Waals surface area contributed by atoms with E-state index in [0.717, 1.165) is 0 Å². The molecule has 0 atom stereocenters. The minimum absolute atomic E-state index is 0.470. The van der Waals surface area contributed by atoms with Crippen LogP contribution in [0.3, 0.4) is 0 Å². The number of rotatable bonds is 4. The molecule has 0 aliphatic heterocycles. The van der Waals surface area contributed by atoms with Gasteiger partial charge in [0.05, 0.1) is 22.7 Å². The van der Waals surface area contributed by atoms with Crippen LogP contribution in [0.25, 0.3) is 0 Å². The van der Waals surface area contributed by atoms with Gasteiger partial charge in [0.15, 0.2) is 0 Å². The van der Waals surface area contributed by atoms with Gasteiger partial charge in [-0.3, -0.25) is 0 Å². The van der Waals surface area contributed by atoms with E-state index in [1.165, 1.54) is 0 Å².